The highest BCUT2D eigenvalue weighted by molar-refractivity contribution is 5.43. The first-order chi connectivity index (χ1) is 19.8. The van der Waals surface area contributed by atoms with Crippen LogP contribution in [0.1, 0.15) is 81.8 Å². The molecule has 1 aliphatic carbocycles. The van der Waals surface area contributed by atoms with E-state index in [1.807, 2.05) is 0 Å². The number of epoxide rings is 2. The van der Waals surface area contributed by atoms with Crippen LogP contribution < -0.4 is 9.47 Å². The van der Waals surface area contributed by atoms with Crippen LogP contribution in [-0.4, -0.2) is 65.1 Å². The molecule has 5 rings (SSSR count). The molecule has 0 spiro atoms. The summed E-state index contributed by atoms with van der Waals surface area (Å²) in [6.07, 6.45) is 14.9. The van der Waals surface area contributed by atoms with Gasteiger partial charge in [0.2, 0.25) is 0 Å². The Morgan fingerprint density at radius 3 is 1.27 bits per heavy atom. The molecule has 2 atom stereocenters. The van der Waals surface area contributed by atoms with E-state index >= 15 is 0 Å². The molecular weight excluding hydrogens is 504 g/mol. The summed E-state index contributed by atoms with van der Waals surface area (Å²) in [5.74, 6) is 1.80. The maximum absolute atomic E-state index is 5.99. The second-order valence-electron chi connectivity index (χ2n) is 11.6. The fraction of sp³-hybridized carbons (Fsp3) is 0.647. The topological polar surface area (TPSA) is 62.0 Å². The minimum absolute atomic E-state index is 0.00297. The third kappa shape index (κ3) is 9.47. The Morgan fingerprint density at radius 1 is 0.525 bits per heavy atom. The van der Waals surface area contributed by atoms with Crippen LogP contribution in [0.15, 0.2) is 48.5 Å². The predicted octanol–water partition coefficient (Wildman–Crippen LogP) is 6.87. The molecule has 2 heterocycles. The second kappa shape index (κ2) is 15.8. The van der Waals surface area contributed by atoms with Gasteiger partial charge in [-0.25, -0.2) is 0 Å². The highest BCUT2D eigenvalue weighted by Gasteiger charge is 2.33. The van der Waals surface area contributed by atoms with E-state index in [1.165, 1.54) is 81.8 Å². The van der Waals surface area contributed by atoms with E-state index in [1.54, 1.807) is 0 Å². The zero-order valence-electron chi connectivity index (χ0n) is 24.2. The molecule has 0 N–H and O–H groups in total. The van der Waals surface area contributed by atoms with Crippen LogP contribution in [0.4, 0.5) is 0 Å². The lowest BCUT2D eigenvalue weighted by atomic mass is 9.67. The first kappa shape index (κ1) is 29.4. The van der Waals surface area contributed by atoms with Crippen molar-refractivity contribution in [1.29, 1.82) is 0 Å². The SMILES string of the molecule is c1cc(C2(c3ccc(OCCOCC4CO4)cc3)CCCCCCCCCCC2)ccc1OCCOCC1CO1. The molecule has 40 heavy (non-hydrogen) atoms. The van der Waals surface area contributed by atoms with Crippen LogP contribution in [0.3, 0.4) is 0 Å². The highest BCUT2D eigenvalue weighted by atomic mass is 16.6. The van der Waals surface area contributed by atoms with E-state index in [0.717, 1.165) is 24.7 Å². The van der Waals surface area contributed by atoms with Gasteiger partial charge >= 0.3 is 0 Å². The van der Waals surface area contributed by atoms with Crippen molar-refractivity contribution in [2.24, 2.45) is 0 Å². The monoisotopic (exact) mass is 552 g/mol. The smallest absolute Gasteiger partial charge is 0.119 e. The fourth-order valence-corrected chi connectivity index (χ4v) is 5.90. The van der Waals surface area contributed by atoms with Gasteiger partial charge in [-0.05, 0) is 48.2 Å². The summed E-state index contributed by atoms with van der Waals surface area (Å²) in [5, 5.41) is 0. The molecule has 0 bridgehead atoms. The molecule has 2 aromatic carbocycles. The van der Waals surface area contributed by atoms with Gasteiger partial charge in [0.05, 0.1) is 39.6 Å². The lowest BCUT2D eigenvalue weighted by molar-refractivity contribution is 0.0878. The normalized spacial score (nSPS) is 23.0. The van der Waals surface area contributed by atoms with Crippen LogP contribution in [0, 0.1) is 0 Å². The zero-order chi connectivity index (χ0) is 27.3. The Bertz CT molecular complexity index is 887. The second-order valence-corrected chi connectivity index (χ2v) is 11.6. The first-order valence-electron chi connectivity index (χ1n) is 15.7. The Hall–Kier alpha value is -2.12. The standard InChI is InChI=1S/C34H48O6/c1-2-4-6-8-18-34(19-9-7-5-3-1,28-10-14-30(15-11-28)37-22-20-35-24-32-26-39-32)29-12-16-31(17-13-29)38-23-21-36-25-33-27-40-33/h10-17,32-33H,1-9,18-27H2. The fourth-order valence-electron chi connectivity index (χ4n) is 5.90. The van der Waals surface area contributed by atoms with E-state index in [0.29, 0.717) is 51.8 Å². The van der Waals surface area contributed by atoms with Gasteiger partial charge in [0.1, 0.15) is 36.9 Å². The van der Waals surface area contributed by atoms with Gasteiger partial charge in [0, 0.05) is 5.41 Å². The molecule has 2 aromatic rings. The van der Waals surface area contributed by atoms with Gasteiger partial charge in [-0.2, -0.15) is 0 Å². The quantitative estimate of drug-likeness (QED) is 0.188. The third-order valence-corrected chi connectivity index (χ3v) is 8.43. The van der Waals surface area contributed by atoms with Crippen molar-refractivity contribution in [2.45, 2.75) is 88.3 Å². The third-order valence-electron chi connectivity index (χ3n) is 8.43. The van der Waals surface area contributed by atoms with E-state index in [4.69, 9.17) is 28.4 Å². The predicted molar refractivity (Wildman–Crippen MR) is 157 cm³/mol. The molecular formula is C34H48O6. The number of benzene rings is 2. The summed E-state index contributed by atoms with van der Waals surface area (Å²) >= 11 is 0. The Morgan fingerprint density at radius 2 is 0.900 bits per heavy atom. The summed E-state index contributed by atoms with van der Waals surface area (Å²) in [7, 11) is 0. The molecule has 220 valence electrons. The maximum atomic E-state index is 5.99. The molecule has 0 amide bonds. The average molecular weight is 553 g/mol. The number of rotatable bonds is 14. The van der Waals surface area contributed by atoms with Gasteiger partial charge in [-0.1, -0.05) is 82.1 Å². The number of hydrogen-bond acceptors (Lipinski definition) is 6. The molecule has 3 aliphatic rings. The molecule has 6 heteroatoms. The summed E-state index contributed by atoms with van der Waals surface area (Å²) in [5.41, 5.74) is 2.78. The molecule has 2 saturated heterocycles. The van der Waals surface area contributed by atoms with Gasteiger partial charge in [-0.15, -0.1) is 0 Å². The largest absolute Gasteiger partial charge is 0.491 e. The van der Waals surface area contributed by atoms with Gasteiger partial charge in [0.15, 0.2) is 0 Å². The summed E-state index contributed by atoms with van der Waals surface area (Å²) in [6.45, 7) is 5.26. The van der Waals surface area contributed by atoms with Crippen molar-refractivity contribution in [2.75, 3.05) is 52.9 Å². The van der Waals surface area contributed by atoms with Gasteiger partial charge in [0.25, 0.3) is 0 Å². The van der Waals surface area contributed by atoms with Crippen LogP contribution in [0.25, 0.3) is 0 Å². The van der Waals surface area contributed by atoms with Crippen molar-refractivity contribution in [3.8, 4) is 11.5 Å². The van der Waals surface area contributed by atoms with Crippen LogP contribution in [0.5, 0.6) is 11.5 Å². The van der Waals surface area contributed by atoms with Crippen molar-refractivity contribution >= 4 is 0 Å². The molecule has 0 aromatic heterocycles. The van der Waals surface area contributed by atoms with E-state index < -0.39 is 0 Å². The summed E-state index contributed by atoms with van der Waals surface area (Å²) in [4.78, 5) is 0. The maximum Gasteiger partial charge on any atom is 0.119 e. The lowest BCUT2D eigenvalue weighted by Crippen LogP contribution is -2.28. The van der Waals surface area contributed by atoms with Crippen LogP contribution in [-0.2, 0) is 24.4 Å². The minimum atomic E-state index is -0.00297. The minimum Gasteiger partial charge on any atom is -0.491 e. The van der Waals surface area contributed by atoms with Crippen LogP contribution in [0.2, 0.25) is 0 Å². The van der Waals surface area contributed by atoms with Crippen molar-refractivity contribution in [1.82, 2.24) is 0 Å². The van der Waals surface area contributed by atoms with E-state index in [-0.39, 0.29) is 5.41 Å². The summed E-state index contributed by atoms with van der Waals surface area (Å²) in [6, 6.07) is 17.7. The molecule has 2 aliphatic heterocycles. The molecule has 2 unspecified atom stereocenters. The van der Waals surface area contributed by atoms with Crippen molar-refractivity contribution in [3.63, 3.8) is 0 Å². The number of ether oxygens (including phenoxy) is 6. The van der Waals surface area contributed by atoms with Gasteiger partial charge in [-0.3, -0.25) is 0 Å². The van der Waals surface area contributed by atoms with E-state index in [2.05, 4.69) is 48.5 Å². The Balaban J connectivity index is 1.25. The average Bonchev–Trinajstić information content (AvgIpc) is 3.91. The van der Waals surface area contributed by atoms with Crippen molar-refractivity contribution < 1.29 is 28.4 Å². The lowest BCUT2D eigenvalue weighted by Gasteiger charge is -2.36. The number of hydrogen-bond donors (Lipinski definition) is 0. The zero-order valence-corrected chi connectivity index (χ0v) is 24.2. The van der Waals surface area contributed by atoms with E-state index in [9.17, 15) is 0 Å². The Kier molecular flexibility index (Phi) is 11.6. The van der Waals surface area contributed by atoms with Gasteiger partial charge < -0.3 is 28.4 Å². The Labute approximate surface area is 240 Å². The molecule has 3 fully saturated rings. The van der Waals surface area contributed by atoms with Crippen LogP contribution >= 0.6 is 0 Å². The molecule has 6 nitrogen and oxygen atoms in total. The van der Waals surface area contributed by atoms with Crippen molar-refractivity contribution in [3.05, 3.63) is 59.7 Å². The molecule has 1 saturated carbocycles. The summed E-state index contributed by atoms with van der Waals surface area (Å²) < 4.78 is 33.6. The molecule has 0 radical (unpaired) electrons. The highest BCUT2D eigenvalue weighted by Crippen LogP contribution is 2.43. The first-order valence-corrected chi connectivity index (χ1v) is 15.7.